The Balaban J connectivity index is 0. The summed E-state index contributed by atoms with van der Waals surface area (Å²) in [5.41, 5.74) is 1.84. The molecule has 0 saturated heterocycles. The molecule has 0 N–H and O–H groups in total. The van der Waals surface area contributed by atoms with E-state index in [9.17, 15) is 0 Å². The molecule has 2 unspecified atom stereocenters. The summed E-state index contributed by atoms with van der Waals surface area (Å²) in [6.45, 7) is 28.3. The van der Waals surface area contributed by atoms with Crippen LogP contribution >= 0.6 is 0 Å². The lowest BCUT2D eigenvalue weighted by Gasteiger charge is -2.49. The van der Waals surface area contributed by atoms with Gasteiger partial charge in [0, 0.05) is 5.41 Å². The molecule has 0 bridgehead atoms. The lowest BCUT2D eigenvalue weighted by Crippen LogP contribution is -2.42. The molecular formula is C28H56. The molecule has 2 aliphatic carbocycles. The third-order valence-electron chi connectivity index (χ3n) is 7.19. The second-order valence-electron chi connectivity index (χ2n) is 13.0. The first-order valence-corrected chi connectivity index (χ1v) is 10.8. The van der Waals surface area contributed by atoms with E-state index in [1.165, 1.54) is 19.3 Å². The highest BCUT2D eigenvalue weighted by atomic mass is 14.5. The van der Waals surface area contributed by atoms with Crippen molar-refractivity contribution in [3.8, 4) is 0 Å². The van der Waals surface area contributed by atoms with Crippen LogP contribution in [-0.2, 0) is 0 Å². The molecule has 1 fully saturated rings. The molecule has 168 valence electrons. The van der Waals surface area contributed by atoms with Gasteiger partial charge in [0.1, 0.15) is 0 Å². The van der Waals surface area contributed by atoms with E-state index in [1.54, 1.807) is 0 Å². The van der Waals surface area contributed by atoms with Crippen LogP contribution in [0.25, 0.3) is 0 Å². The summed E-state index contributed by atoms with van der Waals surface area (Å²) in [5.74, 6) is 1.91. The average molecular weight is 393 g/mol. The lowest BCUT2D eigenvalue weighted by atomic mass is 9.55. The SMILES string of the molecule is C.C.CC(C)(C)C1(C(C)(C)C)C=CC=C1.CC(C)(C)C1CCC(C(C)(C)C)C1. The molecule has 0 amide bonds. The van der Waals surface area contributed by atoms with Gasteiger partial charge in [-0.05, 0) is 52.8 Å². The second-order valence-corrected chi connectivity index (χ2v) is 13.0. The van der Waals surface area contributed by atoms with Crippen molar-refractivity contribution in [2.24, 2.45) is 38.9 Å². The predicted octanol–water partition coefficient (Wildman–Crippen LogP) is 9.96. The highest BCUT2D eigenvalue weighted by Gasteiger charge is 2.47. The van der Waals surface area contributed by atoms with E-state index in [1.807, 2.05) is 0 Å². The molecule has 0 aromatic rings. The molecule has 0 aromatic heterocycles. The Morgan fingerprint density at radius 1 is 0.571 bits per heavy atom. The number of hydrogen-bond acceptors (Lipinski definition) is 0. The van der Waals surface area contributed by atoms with E-state index in [0.29, 0.717) is 10.8 Å². The molecule has 2 rings (SSSR count). The Labute approximate surface area is 180 Å². The highest BCUT2D eigenvalue weighted by molar-refractivity contribution is 5.30. The van der Waals surface area contributed by atoms with E-state index < -0.39 is 0 Å². The van der Waals surface area contributed by atoms with Gasteiger partial charge >= 0.3 is 0 Å². The molecule has 1 saturated carbocycles. The van der Waals surface area contributed by atoms with E-state index in [0.717, 1.165) is 11.8 Å². The zero-order valence-corrected chi connectivity index (χ0v) is 20.1. The number of hydrogen-bond donors (Lipinski definition) is 0. The third-order valence-corrected chi connectivity index (χ3v) is 7.19. The molecule has 0 heterocycles. The maximum atomic E-state index is 2.39. The molecule has 0 aromatic carbocycles. The Morgan fingerprint density at radius 3 is 1.00 bits per heavy atom. The molecule has 0 spiro atoms. The lowest BCUT2D eigenvalue weighted by molar-refractivity contribution is 0.0696. The van der Waals surface area contributed by atoms with Crippen molar-refractivity contribution in [3.05, 3.63) is 24.3 Å². The molecule has 0 nitrogen and oxygen atoms in total. The van der Waals surface area contributed by atoms with Gasteiger partial charge in [-0.25, -0.2) is 0 Å². The smallest absolute Gasteiger partial charge is 0.0164 e. The van der Waals surface area contributed by atoms with Crippen LogP contribution in [-0.4, -0.2) is 0 Å². The van der Waals surface area contributed by atoms with Crippen molar-refractivity contribution in [2.75, 3.05) is 0 Å². The first kappa shape index (κ1) is 29.7. The molecule has 0 radical (unpaired) electrons. The van der Waals surface area contributed by atoms with Gasteiger partial charge in [0.05, 0.1) is 0 Å². The monoisotopic (exact) mass is 392 g/mol. The molecular weight excluding hydrogens is 336 g/mol. The molecule has 2 atom stereocenters. The zero-order chi connectivity index (χ0) is 20.6. The van der Waals surface area contributed by atoms with Gasteiger partial charge in [0.2, 0.25) is 0 Å². The van der Waals surface area contributed by atoms with Gasteiger partial charge in [0.25, 0.3) is 0 Å². The van der Waals surface area contributed by atoms with Crippen LogP contribution in [0.3, 0.4) is 0 Å². The first-order chi connectivity index (χ1) is 11.4. The minimum absolute atomic E-state index is 0. The summed E-state index contributed by atoms with van der Waals surface area (Å²) in [4.78, 5) is 0. The minimum Gasteiger partial charge on any atom is -0.0776 e. The summed E-state index contributed by atoms with van der Waals surface area (Å²) in [7, 11) is 0. The van der Waals surface area contributed by atoms with E-state index >= 15 is 0 Å². The molecule has 0 heteroatoms. The minimum atomic E-state index is 0. The van der Waals surface area contributed by atoms with Crippen LogP contribution in [0, 0.1) is 38.9 Å². The van der Waals surface area contributed by atoms with Gasteiger partial charge in [-0.1, -0.05) is 122 Å². The van der Waals surface area contributed by atoms with E-state index in [2.05, 4.69) is 107 Å². The third kappa shape index (κ3) is 6.77. The van der Waals surface area contributed by atoms with Crippen molar-refractivity contribution in [1.29, 1.82) is 0 Å². The second kappa shape index (κ2) is 9.53. The van der Waals surface area contributed by atoms with E-state index in [4.69, 9.17) is 0 Å². The summed E-state index contributed by atoms with van der Waals surface area (Å²) in [5, 5.41) is 0. The average Bonchev–Trinajstić information content (AvgIpc) is 3.07. The number of allylic oxidation sites excluding steroid dienone is 4. The molecule has 2 aliphatic rings. The summed E-state index contributed by atoms with van der Waals surface area (Å²) < 4.78 is 0. The summed E-state index contributed by atoms with van der Waals surface area (Å²) >= 11 is 0. The fraction of sp³-hybridized carbons (Fsp3) is 0.857. The Morgan fingerprint density at radius 2 is 0.857 bits per heavy atom. The van der Waals surface area contributed by atoms with Gasteiger partial charge in [-0.15, -0.1) is 0 Å². The van der Waals surface area contributed by atoms with Crippen LogP contribution in [0.1, 0.15) is 117 Å². The Bertz CT molecular complexity index is 454. The zero-order valence-electron chi connectivity index (χ0n) is 20.1. The van der Waals surface area contributed by atoms with Gasteiger partial charge in [0.15, 0.2) is 0 Å². The van der Waals surface area contributed by atoms with Crippen molar-refractivity contribution in [1.82, 2.24) is 0 Å². The first-order valence-electron chi connectivity index (χ1n) is 10.8. The summed E-state index contributed by atoms with van der Waals surface area (Å²) in [6.07, 6.45) is 13.4. The number of rotatable bonds is 0. The van der Waals surface area contributed by atoms with Crippen molar-refractivity contribution in [3.63, 3.8) is 0 Å². The van der Waals surface area contributed by atoms with Crippen LogP contribution < -0.4 is 0 Å². The Hall–Kier alpha value is -0.520. The largest absolute Gasteiger partial charge is 0.0776 e. The summed E-state index contributed by atoms with van der Waals surface area (Å²) in [6, 6.07) is 0. The maximum absolute atomic E-state index is 2.39. The van der Waals surface area contributed by atoms with Crippen molar-refractivity contribution < 1.29 is 0 Å². The normalized spacial score (nSPS) is 24.1. The van der Waals surface area contributed by atoms with Crippen LogP contribution in [0.5, 0.6) is 0 Å². The van der Waals surface area contributed by atoms with Gasteiger partial charge in [-0.2, -0.15) is 0 Å². The van der Waals surface area contributed by atoms with Crippen LogP contribution in [0.4, 0.5) is 0 Å². The van der Waals surface area contributed by atoms with E-state index in [-0.39, 0.29) is 31.1 Å². The van der Waals surface area contributed by atoms with Crippen molar-refractivity contribution >= 4 is 0 Å². The van der Waals surface area contributed by atoms with Crippen LogP contribution in [0.2, 0.25) is 0 Å². The van der Waals surface area contributed by atoms with Crippen LogP contribution in [0.15, 0.2) is 24.3 Å². The van der Waals surface area contributed by atoms with Gasteiger partial charge in [-0.3, -0.25) is 0 Å². The Kier molecular flexibility index (Phi) is 10.1. The quantitative estimate of drug-likeness (QED) is 0.384. The molecule has 0 aliphatic heterocycles. The topological polar surface area (TPSA) is 0 Å². The standard InChI is InChI=1S/C13H26.C13H22.2CH4/c1-12(2,3)10-7-8-11(9-10)13(4,5)6;1-11(2,3)13(12(4,5)6)9-7-8-10-13;;/h10-11H,7-9H2,1-6H3;7-10H,1-6H3;2*1H4. The molecule has 28 heavy (non-hydrogen) atoms. The fourth-order valence-electron chi connectivity index (χ4n) is 5.15. The fourth-order valence-corrected chi connectivity index (χ4v) is 5.15. The van der Waals surface area contributed by atoms with Crippen molar-refractivity contribution in [2.45, 2.75) is 117 Å². The predicted molar refractivity (Wildman–Crippen MR) is 133 cm³/mol. The highest BCUT2D eigenvalue weighted by Crippen LogP contribution is 2.55. The van der Waals surface area contributed by atoms with Gasteiger partial charge < -0.3 is 0 Å². The maximum Gasteiger partial charge on any atom is 0.0164 e.